The minimum absolute atomic E-state index is 0.113. The van der Waals surface area contributed by atoms with Crippen LogP contribution in [0.15, 0.2) is 5.38 Å². The highest BCUT2D eigenvalue weighted by atomic mass is 35.5. The fourth-order valence-electron chi connectivity index (χ4n) is 3.21. The van der Waals surface area contributed by atoms with Crippen LogP contribution in [-0.4, -0.2) is 36.0 Å². The summed E-state index contributed by atoms with van der Waals surface area (Å²) in [6, 6.07) is 0.680. The van der Waals surface area contributed by atoms with Gasteiger partial charge in [-0.25, -0.2) is 0 Å². The molecule has 1 N–H and O–H groups in total. The van der Waals surface area contributed by atoms with Gasteiger partial charge in [0, 0.05) is 25.2 Å². The van der Waals surface area contributed by atoms with Crippen LogP contribution in [0.1, 0.15) is 28.6 Å². The summed E-state index contributed by atoms with van der Waals surface area (Å²) in [5.41, 5.74) is 0.998. The maximum Gasteiger partial charge on any atom is 0.266 e. The Bertz CT molecular complexity index is 487. The number of carbonyl (C=O) groups is 1. The van der Waals surface area contributed by atoms with Crippen LogP contribution >= 0.6 is 22.9 Å². The molecule has 3 heterocycles. The normalized spacial score (nSPS) is 30.8. The summed E-state index contributed by atoms with van der Waals surface area (Å²) in [7, 11) is 0. The van der Waals surface area contributed by atoms with E-state index in [9.17, 15) is 4.79 Å². The molecule has 3 unspecified atom stereocenters. The predicted octanol–water partition coefficient (Wildman–Crippen LogP) is 2.53. The maximum atomic E-state index is 12.7. The van der Waals surface area contributed by atoms with E-state index >= 15 is 0 Å². The van der Waals surface area contributed by atoms with E-state index < -0.39 is 0 Å². The van der Waals surface area contributed by atoms with E-state index in [0.717, 1.165) is 25.1 Å². The maximum absolute atomic E-state index is 12.7. The number of carbonyl (C=O) groups excluding carboxylic acids is 1. The highest BCUT2D eigenvalue weighted by Crippen LogP contribution is 2.36. The number of nitrogens with zero attached hydrogens (tertiary/aromatic N) is 1. The average molecular weight is 285 g/mol. The third-order valence-corrected chi connectivity index (χ3v) is 5.79. The van der Waals surface area contributed by atoms with E-state index in [0.29, 0.717) is 27.9 Å². The molecule has 0 aromatic carbocycles. The fourth-order valence-corrected chi connectivity index (χ4v) is 4.42. The minimum atomic E-state index is 0.113. The first kappa shape index (κ1) is 12.5. The van der Waals surface area contributed by atoms with Gasteiger partial charge in [0.2, 0.25) is 0 Å². The first-order valence-electron chi connectivity index (χ1n) is 6.36. The molecule has 1 amide bonds. The zero-order chi connectivity index (χ0) is 12.9. The zero-order valence-electron chi connectivity index (χ0n) is 10.6. The number of fused-ring (bicyclic) bond motifs is 1. The van der Waals surface area contributed by atoms with Gasteiger partial charge in [-0.1, -0.05) is 11.6 Å². The van der Waals surface area contributed by atoms with E-state index in [1.54, 1.807) is 0 Å². The second-order valence-electron chi connectivity index (χ2n) is 5.34. The Kier molecular flexibility index (Phi) is 3.12. The number of hydrogen-bond donors (Lipinski definition) is 1. The third-order valence-electron chi connectivity index (χ3n) is 4.11. The van der Waals surface area contributed by atoms with Gasteiger partial charge in [0.25, 0.3) is 5.91 Å². The molecule has 0 bridgehead atoms. The molecule has 98 valence electrons. The molecule has 2 fully saturated rings. The molecule has 3 atom stereocenters. The summed E-state index contributed by atoms with van der Waals surface area (Å²) in [5, 5.41) is 5.97. The van der Waals surface area contributed by atoms with Gasteiger partial charge in [0.05, 0.1) is 5.02 Å². The van der Waals surface area contributed by atoms with E-state index in [1.165, 1.54) is 11.3 Å². The smallest absolute Gasteiger partial charge is 0.266 e. The number of amides is 1. The molecule has 0 radical (unpaired) electrons. The lowest BCUT2D eigenvalue weighted by Crippen LogP contribution is -2.42. The van der Waals surface area contributed by atoms with Crippen LogP contribution in [0.3, 0.4) is 0 Å². The first-order chi connectivity index (χ1) is 8.59. The van der Waals surface area contributed by atoms with Gasteiger partial charge in [-0.3, -0.25) is 4.79 Å². The molecule has 1 aromatic rings. The van der Waals surface area contributed by atoms with Crippen molar-refractivity contribution in [1.82, 2.24) is 10.2 Å². The summed E-state index contributed by atoms with van der Waals surface area (Å²) in [5.74, 6) is 0.727. The van der Waals surface area contributed by atoms with Gasteiger partial charge in [-0.15, -0.1) is 11.3 Å². The molecular formula is C13H17ClN2OS. The zero-order valence-corrected chi connectivity index (χ0v) is 12.1. The van der Waals surface area contributed by atoms with Crippen molar-refractivity contribution in [2.24, 2.45) is 5.92 Å². The quantitative estimate of drug-likeness (QED) is 0.859. The van der Waals surface area contributed by atoms with Gasteiger partial charge in [0.15, 0.2) is 0 Å². The lowest BCUT2D eigenvalue weighted by atomic mass is 10.0. The molecule has 2 aliphatic heterocycles. The third kappa shape index (κ3) is 1.78. The highest BCUT2D eigenvalue weighted by molar-refractivity contribution is 7.13. The molecule has 3 rings (SSSR count). The van der Waals surface area contributed by atoms with Gasteiger partial charge >= 0.3 is 0 Å². The molecule has 3 nitrogen and oxygen atoms in total. The molecule has 1 aromatic heterocycles. The van der Waals surface area contributed by atoms with E-state index in [4.69, 9.17) is 11.6 Å². The second kappa shape index (κ2) is 4.51. The van der Waals surface area contributed by atoms with E-state index in [-0.39, 0.29) is 5.91 Å². The number of halogens is 1. The van der Waals surface area contributed by atoms with Crippen molar-refractivity contribution in [2.75, 3.05) is 13.1 Å². The molecule has 0 aliphatic carbocycles. The Morgan fingerprint density at radius 3 is 3.00 bits per heavy atom. The summed E-state index contributed by atoms with van der Waals surface area (Å²) in [6.07, 6.45) is 1.10. The van der Waals surface area contributed by atoms with Crippen molar-refractivity contribution in [3.8, 4) is 0 Å². The number of rotatable bonds is 1. The van der Waals surface area contributed by atoms with Crippen LogP contribution in [-0.2, 0) is 0 Å². The van der Waals surface area contributed by atoms with Gasteiger partial charge in [-0.05, 0) is 37.1 Å². The SMILES string of the molecule is Cc1csc(C(=O)N2C(C)CC3CNCC32)c1Cl. The molecule has 5 heteroatoms. The number of likely N-dealkylation sites (tertiary alicyclic amines) is 1. The largest absolute Gasteiger partial charge is 0.331 e. The lowest BCUT2D eigenvalue weighted by Gasteiger charge is -2.27. The topological polar surface area (TPSA) is 32.3 Å². The number of nitrogens with one attached hydrogen (secondary N) is 1. The van der Waals surface area contributed by atoms with Crippen molar-refractivity contribution in [3.05, 3.63) is 20.8 Å². The molecule has 0 spiro atoms. The highest BCUT2D eigenvalue weighted by Gasteiger charge is 2.44. The first-order valence-corrected chi connectivity index (χ1v) is 7.62. The van der Waals surface area contributed by atoms with Crippen LogP contribution in [0.2, 0.25) is 5.02 Å². The Labute approximate surface area is 116 Å². The van der Waals surface area contributed by atoms with Crippen LogP contribution < -0.4 is 5.32 Å². The molecule has 18 heavy (non-hydrogen) atoms. The summed E-state index contributed by atoms with van der Waals surface area (Å²) in [4.78, 5) is 15.4. The van der Waals surface area contributed by atoms with Crippen LogP contribution in [0, 0.1) is 12.8 Å². The van der Waals surface area contributed by atoms with Crippen molar-refractivity contribution in [2.45, 2.75) is 32.4 Å². The molecular weight excluding hydrogens is 268 g/mol. The van der Waals surface area contributed by atoms with E-state index in [1.807, 2.05) is 17.2 Å². The summed E-state index contributed by atoms with van der Waals surface area (Å²) in [6.45, 7) is 6.05. The van der Waals surface area contributed by atoms with Crippen molar-refractivity contribution < 1.29 is 4.79 Å². The van der Waals surface area contributed by atoms with Crippen LogP contribution in [0.5, 0.6) is 0 Å². The lowest BCUT2D eigenvalue weighted by molar-refractivity contribution is 0.0687. The van der Waals surface area contributed by atoms with Gasteiger partial charge in [-0.2, -0.15) is 0 Å². The van der Waals surface area contributed by atoms with Crippen molar-refractivity contribution in [3.63, 3.8) is 0 Å². The molecule has 0 saturated carbocycles. The average Bonchev–Trinajstić information content (AvgIpc) is 2.95. The Morgan fingerprint density at radius 2 is 2.33 bits per heavy atom. The minimum Gasteiger partial charge on any atom is -0.331 e. The molecule has 2 saturated heterocycles. The predicted molar refractivity (Wildman–Crippen MR) is 74.5 cm³/mol. The van der Waals surface area contributed by atoms with Crippen molar-refractivity contribution >= 4 is 28.8 Å². The standard InChI is InChI=1S/C13H17ClN2OS/c1-7-6-18-12(11(7)14)13(17)16-8(2)3-9-4-15-5-10(9)16/h6,8-10,15H,3-5H2,1-2H3. The van der Waals surface area contributed by atoms with Crippen LogP contribution in [0.4, 0.5) is 0 Å². The Morgan fingerprint density at radius 1 is 1.56 bits per heavy atom. The van der Waals surface area contributed by atoms with Gasteiger partial charge in [0.1, 0.15) is 4.88 Å². The fraction of sp³-hybridized carbons (Fsp3) is 0.615. The number of hydrogen-bond acceptors (Lipinski definition) is 3. The van der Waals surface area contributed by atoms with Crippen LogP contribution in [0.25, 0.3) is 0 Å². The number of aryl methyl sites for hydroxylation is 1. The molecule has 2 aliphatic rings. The summed E-state index contributed by atoms with van der Waals surface area (Å²) >= 11 is 7.68. The van der Waals surface area contributed by atoms with Gasteiger partial charge < -0.3 is 10.2 Å². The monoisotopic (exact) mass is 284 g/mol. The Balaban J connectivity index is 1.90. The Hall–Kier alpha value is -0.580. The number of thiophene rings is 1. The van der Waals surface area contributed by atoms with E-state index in [2.05, 4.69) is 12.2 Å². The summed E-state index contributed by atoms with van der Waals surface area (Å²) < 4.78 is 0. The second-order valence-corrected chi connectivity index (χ2v) is 6.60. The van der Waals surface area contributed by atoms with Crippen molar-refractivity contribution in [1.29, 1.82) is 0 Å².